The van der Waals surface area contributed by atoms with Crippen molar-refractivity contribution in [1.29, 1.82) is 0 Å². The predicted molar refractivity (Wildman–Crippen MR) is 75.4 cm³/mol. The van der Waals surface area contributed by atoms with Crippen LogP contribution >= 0.6 is 0 Å². The van der Waals surface area contributed by atoms with E-state index in [1.54, 1.807) is 6.33 Å². The molecule has 0 radical (unpaired) electrons. The number of benzene rings is 1. The number of carbonyl (C=O) groups excluding carboxylic acids is 1. The molecule has 2 aromatic rings. The minimum atomic E-state index is 0.0402. The molecule has 0 aliphatic rings. The number of amides is 1. The number of hydrogen-bond donors (Lipinski definition) is 2. The topological polar surface area (TPSA) is 72.9 Å². The number of nitrogens with two attached hydrogens (primary N) is 1. The molecule has 0 fully saturated rings. The van der Waals surface area contributed by atoms with Crippen LogP contribution in [-0.2, 0) is 18.4 Å². The molecule has 5 nitrogen and oxygen atoms in total. The number of fused-ring (bicyclic) bond motifs is 1. The van der Waals surface area contributed by atoms with Gasteiger partial charge in [-0.1, -0.05) is 6.07 Å². The van der Waals surface area contributed by atoms with E-state index in [9.17, 15) is 4.79 Å². The molecule has 102 valence electrons. The summed E-state index contributed by atoms with van der Waals surface area (Å²) in [7, 11) is 1.96. The van der Waals surface area contributed by atoms with Crippen LogP contribution in [0.15, 0.2) is 24.5 Å². The van der Waals surface area contributed by atoms with E-state index in [1.165, 1.54) is 0 Å². The standard InChI is InChI=1S/C14H20N4O/c1-10(15)3-6-14(19)16-8-11-4-5-13-12(7-11)17-9-18(13)2/h4-5,7,9-10H,3,6,8,15H2,1-2H3,(H,16,19). The van der Waals surface area contributed by atoms with Crippen LogP contribution in [0.4, 0.5) is 0 Å². The van der Waals surface area contributed by atoms with Gasteiger partial charge in [0.2, 0.25) is 5.91 Å². The zero-order chi connectivity index (χ0) is 13.8. The highest BCUT2D eigenvalue weighted by atomic mass is 16.1. The molecular formula is C14H20N4O. The van der Waals surface area contributed by atoms with Gasteiger partial charge in [0.05, 0.1) is 17.4 Å². The lowest BCUT2D eigenvalue weighted by molar-refractivity contribution is -0.121. The molecule has 1 atom stereocenters. The first-order valence-corrected chi connectivity index (χ1v) is 6.48. The highest BCUT2D eigenvalue weighted by Crippen LogP contribution is 2.13. The minimum Gasteiger partial charge on any atom is -0.352 e. The van der Waals surface area contributed by atoms with Gasteiger partial charge in [-0.3, -0.25) is 4.79 Å². The average Bonchev–Trinajstić information content (AvgIpc) is 2.75. The van der Waals surface area contributed by atoms with Crippen molar-refractivity contribution in [3.8, 4) is 0 Å². The molecule has 1 heterocycles. The zero-order valence-corrected chi connectivity index (χ0v) is 11.4. The second-order valence-corrected chi connectivity index (χ2v) is 4.97. The van der Waals surface area contributed by atoms with Gasteiger partial charge in [0.1, 0.15) is 0 Å². The van der Waals surface area contributed by atoms with Crippen LogP contribution < -0.4 is 11.1 Å². The van der Waals surface area contributed by atoms with Crippen LogP contribution in [0.3, 0.4) is 0 Å². The quantitative estimate of drug-likeness (QED) is 0.851. The van der Waals surface area contributed by atoms with E-state index in [0.29, 0.717) is 19.4 Å². The Hall–Kier alpha value is -1.88. The van der Waals surface area contributed by atoms with Crippen LogP contribution in [-0.4, -0.2) is 21.5 Å². The predicted octanol–water partition coefficient (Wildman–Crippen LogP) is 1.32. The molecule has 0 aliphatic heterocycles. The van der Waals surface area contributed by atoms with Crippen LogP contribution in [0.5, 0.6) is 0 Å². The molecular weight excluding hydrogens is 240 g/mol. The lowest BCUT2D eigenvalue weighted by atomic mass is 10.1. The number of hydrogen-bond acceptors (Lipinski definition) is 3. The maximum absolute atomic E-state index is 11.6. The molecule has 0 spiro atoms. The van der Waals surface area contributed by atoms with Crippen molar-refractivity contribution >= 4 is 16.9 Å². The number of imidazole rings is 1. The molecule has 2 rings (SSSR count). The van der Waals surface area contributed by atoms with E-state index in [1.807, 2.05) is 36.7 Å². The lowest BCUT2D eigenvalue weighted by Gasteiger charge is -2.07. The smallest absolute Gasteiger partial charge is 0.220 e. The Balaban J connectivity index is 1.92. The molecule has 0 bridgehead atoms. The van der Waals surface area contributed by atoms with Gasteiger partial charge in [-0.2, -0.15) is 0 Å². The summed E-state index contributed by atoms with van der Waals surface area (Å²) in [6.07, 6.45) is 2.98. The molecule has 19 heavy (non-hydrogen) atoms. The number of aromatic nitrogens is 2. The van der Waals surface area contributed by atoms with Gasteiger partial charge in [-0.25, -0.2) is 4.98 Å². The number of rotatable bonds is 5. The Morgan fingerprint density at radius 1 is 1.53 bits per heavy atom. The molecule has 1 amide bonds. The van der Waals surface area contributed by atoms with Crippen LogP contribution in [0.25, 0.3) is 11.0 Å². The third-order valence-corrected chi connectivity index (χ3v) is 3.11. The Kier molecular flexibility index (Phi) is 4.16. The summed E-state index contributed by atoms with van der Waals surface area (Å²) in [6, 6.07) is 6.10. The molecule has 1 aromatic carbocycles. The number of nitrogens with zero attached hydrogens (tertiary/aromatic N) is 2. The molecule has 0 saturated heterocycles. The summed E-state index contributed by atoms with van der Waals surface area (Å²) in [5, 5.41) is 2.90. The van der Waals surface area contributed by atoms with Crippen molar-refractivity contribution in [3.63, 3.8) is 0 Å². The fraction of sp³-hybridized carbons (Fsp3) is 0.429. The lowest BCUT2D eigenvalue weighted by Crippen LogP contribution is -2.25. The van der Waals surface area contributed by atoms with E-state index in [-0.39, 0.29) is 11.9 Å². The molecule has 0 saturated carbocycles. The summed E-state index contributed by atoms with van der Waals surface area (Å²) >= 11 is 0. The first kappa shape index (κ1) is 13.5. The van der Waals surface area contributed by atoms with Crippen LogP contribution in [0, 0.1) is 0 Å². The van der Waals surface area contributed by atoms with Gasteiger partial charge in [-0.05, 0) is 31.0 Å². The summed E-state index contributed by atoms with van der Waals surface area (Å²) in [5.41, 5.74) is 8.72. The van der Waals surface area contributed by atoms with Gasteiger partial charge < -0.3 is 15.6 Å². The first-order chi connectivity index (χ1) is 9.06. The highest BCUT2D eigenvalue weighted by molar-refractivity contribution is 5.77. The largest absolute Gasteiger partial charge is 0.352 e. The summed E-state index contributed by atoms with van der Waals surface area (Å²) in [5.74, 6) is 0.0402. The van der Waals surface area contributed by atoms with Crippen molar-refractivity contribution in [3.05, 3.63) is 30.1 Å². The van der Waals surface area contributed by atoms with Gasteiger partial charge in [0.25, 0.3) is 0 Å². The maximum Gasteiger partial charge on any atom is 0.220 e. The average molecular weight is 260 g/mol. The third-order valence-electron chi connectivity index (χ3n) is 3.11. The van der Waals surface area contributed by atoms with Crippen molar-refractivity contribution in [2.24, 2.45) is 12.8 Å². The second-order valence-electron chi connectivity index (χ2n) is 4.97. The fourth-order valence-corrected chi connectivity index (χ4v) is 1.94. The van der Waals surface area contributed by atoms with Crippen molar-refractivity contribution in [1.82, 2.24) is 14.9 Å². The molecule has 1 unspecified atom stereocenters. The van der Waals surface area contributed by atoms with E-state index in [4.69, 9.17) is 5.73 Å². The molecule has 5 heteroatoms. The van der Waals surface area contributed by atoms with Crippen LogP contribution in [0.1, 0.15) is 25.3 Å². The SMILES string of the molecule is CC(N)CCC(=O)NCc1ccc2c(c1)ncn2C. The van der Waals surface area contributed by atoms with E-state index in [2.05, 4.69) is 10.3 Å². The van der Waals surface area contributed by atoms with Crippen molar-refractivity contribution < 1.29 is 4.79 Å². The number of aryl methyl sites for hydroxylation is 1. The van der Waals surface area contributed by atoms with Gasteiger partial charge in [0, 0.05) is 26.1 Å². The van der Waals surface area contributed by atoms with Crippen LogP contribution in [0.2, 0.25) is 0 Å². The Morgan fingerprint density at radius 3 is 3.05 bits per heavy atom. The van der Waals surface area contributed by atoms with Gasteiger partial charge in [0.15, 0.2) is 0 Å². The van der Waals surface area contributed by atoms with E-state index < -0.39 is 0 Å². The fourth-order valence-electron chi connectivity index (χ4n) is 1.94. The van der Waals surface area contributed by atoms with E-state index in [0.717, 1.165) is 16.6 Å². The van der Waals surface area contributed by atoms with Crippen molar-refractivity contribution in [2.45, 2.75) is 32.4 Å². The minimum absolute atomic E-state index is 0.0402. The Morgan fingerprint density at radius 2 is 2.32 bits per heavy atom. The van der Waals surface area contributed by atoms with E-state index >= 15 is 0 Å². The highest BCUT2D eigenvalue weighted by Gasteiger charge is 2.05. The number of nitrogens with one attached hydrogen (secondary N) is 1. The summed E-state index contributed by atoms with van der Waals surface area (Å²) in [6.45, 7) is 2.44. The normalized spacial score (nSPS) is 12.6. The summed E-state index contributed by atoms with van der Waals surface area (Å²) in [4.78, 5) is 15.9. The third kappa shape index (κ3) is 3.54. The zero-order valence-electron chi connectivity index (χ0n) is 11.4. The Labute approximate surface area is 112 Å². The molecule has 3 N–H and O–H groups in total. The number of carbonyl (C=O) groups is 1. The summed E-state index contributed by atoms with van der Waals surface area (Å²) < 4.78 is 1.97. The molecule has 1 aromatic heterocycles. The maximum atomic E-state index is 11.6. The monoisotopic (exact) mass is 260 g/mol. The van der Waals surface area contributed by atoms with Gasteiger partial charge >= 0.3 is 0 Å². The Bertz CT molecular complexity index is 574. The van der Waals surface area contributed by atoms with Crippen molar-refractivity contribution in [2.75, 3.05) is 0 Å². The first-order valence-electron chi connectivity index (χ1n) is 6.48. The van der Waals surface area contributed by atoms with Gasteiger partial charge in [-0.15, -0.1) is 0 Å². The molecule has 0 aliphatic carbocycles. The second kappa shape index (κ2) is 5.84.